The number of benzene rings is 1. The smallest absolute Gasteiger partial charge is 0.324 e. The van der Waals surface area contributed by atoms with Gasteiger partial charge in [0.1, 0.15) is 6.04 Å². The summed E-state index contributed by atoms with van der Waals surface area (Å²) in [6, 6.07) is 1.16. The van der Waals surface area contributed by atoms with E-state index in [9.17, 15) is 27.7 Å². The molecular weight excluding hydrogens is 319 g/mol. The first-order chi connectivity index (χ1) is 10.2. The number of sulfonamides is 1. The van der Waals surface area contributed by atoms with Crippen molar-refractivity contribution < 1.29 is 27.6 Å². The highest BCUT2D eigenvalue weighted by atomic mass is 32.2. The molecule has 0 aromatic heterocycles. The zero-order chi connectivity index (χ0) is 16.9. The van der Waals surface area contributed by atoms with Crippen LogP contribution in [0.5, 0.6) is 0 Å². The summed E-state index contributed by atoms with van der Waals surface area (Å²) in [6.45, 7) is 1.80. The third-order valence-corrected chi connectivity index (χ3v) is 4.37. The molecule has 0 aliphatic heterocycles. The monoisotopic (exact) mass is 334 g/mol. The molecule has 8 nitrogen and oxygen atoms in total. The van der Waals surface area contributed by atoms with Gasteiger partial charge >= 0.3 is 11.7 Å². The van der Waals surface area contributed by atoms with Gasteiger partial charge in [-0.3, -0.25) is 14.9 Å². The standard InChI is InChI=1S/C12H15FN2O6S/c1-2-3-6-9(12(16)17)14-22(20,21)10-7-4-5-8(13)11(10)15(18)19/h4-5,7,9,14H,2-3,6H2,1H3,(H,16,17)/t9-/m0/s1. The maximum Gasteiger partial charge on any atom is 0.324 e. The SMILES string of the molecule is CCCC[C@H](NS(=O)(=O)c1cccc(F)c1[N+](=O)[O-])C(=O)O. The minimum absolute atomic E-state index is 0.0220. The Morgan fingerprint density at radius 2 is 2.14 bits per heavy atom. The quantitative estimate of drug-likeness (QED) is 0.550. The average Bonchev–Trinajstić information content (AvgIpc) is 2.42. The number of carbonyl (C=O) groups is 1. The van der Waals surface area contributed by atoms with Crippen molar-refractivity contribution in [2.24, 2.45) is 0 Å². The summed E-state index contributed by atoms with van der Waals surface area (Å²) in [7, 11) is -4.55. The second-order valence-electron chi connectivity index (χ2n) is 4.50. The van der Waals surface area contributed by atoms with Crippen LogP contribution in [0.4, 0.5) is 10.1 Å². The molecule has 0 amide bonds. The van der Waals surface area contributed by atoms with Gasteiger partial charge in [0.2, 0.25) is 15.8 Å². The molecule has 0 radical (unpaired) electrons. The molecule has 0 heterocycles. The Morgan fingerprint density at radius 3 is 2.64 bits per heavy atom. The van der Waals surface area contributed by atoms with Gasteiger partial charge in [0.05, 0.1) is 4.92 Å². The zero-order valence-corrected chi connectivity index (χ0v) is 12.5. The third-order valence-electron chi connectivity index (χ3n) is 2.86. The van der Waals surface area contributed by atoms with E-state index in [1.807, 2.05) is 4.72 Å². The van der Waals surface area contributed by atoms with Crippen molar-refractivity contribution in [3.63, 3.8) is 0 Å². The van der Waals surface area contributed by atoms with E-state index in [1.165, 1.54) is 0 Å². The number of hydrogen-bond acceptors (Lipinski definition) is 5. The van der Waals surface area contributed by atoms with Crippen LogP contribution in [0, 0.1) is 15.9 Å². The minimum atomic E-state index is -4.55. The Kier molecular flexibility index (Phi) is 5.94. The highest BCUT2D eigenvalue weighted by Gasteiger charge is 2.32. The number of nitro groups is 1. The molecule has 0 aliphatic rings. The predicted octanol–water partition coefficient (Wildman–Crippen LogP) is 1.66. The normalized spacial score (nSPS) is 12.8. The lowest BCUT2D eigenvalue weighted by molar-refractivity contribution is -0.390. The number of halogens is 1. The Hall–Kier alpha value is -2.07. The molecule has 22 heavy (non-hydrogen) atoms. The fraction of sp³-hybridized carbons (Fsp3) is 0.417. The molecule has 0 aliphatic carbocycles. The summed E-state index contributed by atoms with van der Waals surface area (Å²) in [5, 5.41) is 19.8. The number of nitrogens with one attached hydrogen (secondary N) is 1. The number of aliphatic carboxylic acids is 1. The molecule has 0 saturated heterocycles. The summed E-state index contributed by atoms with van der Waals surface area (Å²) in [4.78, 5) is 19.8. The summed E-state index contributed by atoms with van der Waals surface area (Å²) >= 11 is 0. The number of rotatable bonds is 8. The van der Waals surface area contributed by atoms with E-state index in [2.05, 4.69) is 0 Å². The van der Waals surface area contributed by atoms with E-state index in [1.54, 1.807) is 6.92 Å². The largest absolute Gasteiger partial charge is 0.480 e. The molecule has 1 atom stereocenters. The van der Waals surface area contributed by atoms with Gasteiger partial charge in [-0.25, -0.2) is 8.42 Å². The van der Waals surface area contributed by atoms with Crippen molar-refractivity contribution in [2.45, 2.75) is 37.1 Å². The first-order valence-corrected chi connectivity index (χ1v) is 7.87. The maximum absolute atomic E-state index is 13.5. The number of nitrogens with zero attached hydrogens (tertiary/aromatic N) is 1. The second-order valence-corrected chi connectivity index (χ2v) is 6.18. The molecule has 0 bridgehead atoms. The van der Waals surface area contributed by atoms with Crippen LogP contribution in [0.15, 0.2) is 23.1 Å². The zero-order valence-electron chi connectivity index (χ0n) is 11.7. The number of hydrogen-bond donors (Lipinski definition) is 2. The third kappa shape index (κ3) is 4.21. The van der Waals surface area contributed by atoms with Crippen LogP contribution in [0.25, 0.3) is 0 Å². The number of para-hydroxylation sites is 1. The van der Waals surface area contributed by atoms with Gasteiger partial charge in [-0.1, -0.05) is 25.8 Å². The van der Waals surface area contributed by atoms with Gasteiger partial charge < -0.3 is 5.11 Å². The van der Waals surface area contributed by atoms with Crippen LogP contribution in [0.2, 0.25) is 0 Å². The van der Waals surface area contributed by atoms with Crippen LogP contribution in [0.3, 0.4) is 0 Å². The first kappa shape index (κ1) is 18.0. The van der Waals surface area contributed by atoms with E-state index in [0.717, 1.165) is 18.2 Å². The second kappa shape index (κ2) is 7.27. The van der Waals surface area contributed by atoms with Crippen molar-refractivity contribution >= 4 is 21.7 Å². The van der Waals surface area contributed by atoms with Crippen LogP contribution < -0.4 is 4.72 Å². The first-order valence-electron chi connectivity index (χ1n) is 6.38. The van der Waals surface area contributed by atoms with Gasteiger partial charge in [0, 0.05) is 0 Å². The molecule has 0 saturated carbocycles. The summed E-state index contributed by atoms with van der Waals surface area (Å²) in [5.41, 5.74) is -1.21. The van der Waals surface area contributed by atoms with E-state index in [-0.39, 0.29) is 6.42 Å². The van der Waals surface area contributed by atoms with Crippen molar-refractivity contribution in [2.75, 3.05) is 0 Å². The van der Waals surface area contributed by atoms with Gasteiger partial charge in [0.25, 0.3) is 0 Å². The lowest BCUT2D eigenvalue weighted by Crippen LogP contribution is -2.40. The lowest BCUT2D eigenvalue weighted by atomic mass is 10.1. The number of unbranched alkanes of at least 4 members (excludes halogenated alkanes) is 1. The highest BCUT2D eigenvalue weighted by molar-refractivity contribution is 7.89. The predicted molar refractivity (Wildman–Crippen MR) is 74.3 cm³/mol. The van der Waals surface area contributed by atoms with E-state index >= 15 is 0 Å². The molecule has 1 aromatic carbocycles. The Bertz CT molecular complexity index is 676. The molecule has 1 rings (SSSR count). The molecule has 122 valence electrons. The Balaban J connectivity index is 3.22. The minimum Gasteiger partial charge on any atom is -0.480 e. The van der Waals surface area contributed by atoms with Gasteiger partial charge in [0.15, 0.2) is 4.90 Å². The Morgan fingerprint density at radius 1 is 1.50 bits per heavy atom. The molecule has 2 N–H and O–H groups in total. The number of carboxylic acids is 1. The highest BCUT2D eigenvalue weighted by Crippen LogP contribution is 2.26. The Labute approximate surface area is 126 Å². The van der Waals surface area contributed by atoms with Gasteiger partial charge in [-0.15, -0.1) is 0 Å². The van der Waals surface area contributed by atoms with Crippen molar-refractivity contribution in [1.82, 2.24) is 4.72 Å². The summed E-state index contributed by atoms with van der Waals surface area (Å²) < 4.78 is 39.6. The van der Waals surface area contributed by atoms with Crippen molar-refractivity contribution in [3.05, 3.63) is 34.1 Å². The number of nitro benzene ring substituents is 1. The average molecular weight is 334 g/mol. The molecule has 0 fully saturated rings. The fourth-order valence-electron chi connectivity index (χ4n) is 1.78. The molecule has 10 heteroatoms. The van der Waals surface area contributed by atoms with Crippen LogP contribution in [0.1, 0.15) is 26.2 Å². The van der Waals surface area contributed by atoms with E-state index in [4.69, 9.17) is 5.11 Å². The van der Waals surface area contributed by atoms with Crippen LogP contribution >= 0.6 is 0 Å². The molecule has 0 spiro atoms. The van der Waals surface area contributed by atoms with E-state index < -0.39 is 43.4 Å². The topological polar surface area (TPSA) is 127 Å². The lowest BCUT2D eigenvalue weighted by Gasteiger charge is -2.14. The van der Waals surface area contributed by atoms with Gasteiger partial charge in [-0.05, 0) is 18.6 Å². The molecule has 0 unspecified atom stereocenters. The van der Waals surface area contributed by atoms with Gasteiger partial charge in [-0.2, -0.15) is 9.11 Å². The fourth-order valence-corrected chi connectivity index (χ4v) is 3.19. The van der Waals surface area contributed by atoms with Crippen LogP contribution in [-0.2, 0) is 14.8 Å². The molecular formula is C12H15FN2O6S. The van der Waals surface area contributed by atoms with Crippen molar-refractivity contribution in [3.8, 4) is 0 Å². The van der Waals surface area contributed by atoms with E-state index in [0.29, 0.717) is 12.8 Å². The number of carboxylic acid groups (broad SMARTS) is 1. The van der Waals surface area contributed by atoms with Crippen molar-refractivity contribution in [1.29, 1.82) is 0 Å². The maximum atomic E-state index is 13.5. The molecule has 1 aromatic rings. The summed E-state index contributed by atoms with van der Waals surface area (Å²) in [5.74, 6) is -2.72. The summed E-state index contributed by atoms with van der Waals surface area (Å²) in [6.07, 6.45) is 1.12. The van der Waals surface area contributed by atoms with Crippen LogP contribution in [-0.4, -0.2) is 30.5 Å².